The SMILES string of the molecule is COc1ccc(C=CC(=O)N2CCc3[nH]nc(-c4ccccc4)c3C2)cc1OC. The van der Waals surface area contributed by atoms with E-state index in [2.05, 4.69) is 10.2 Å². The molecule has 2 aromatic carbocycles. The van der Waals surface area contributed by atoms with Crippen LogP contribution in [0.2, 0.25) is 0 Å². The van der Waals surface area contributed by atoms with Crippen LogP contribution in [0.3, 0.4) is 0 Å². The number of aromatic nitrogens is 2. The number of carbonyl (C=O) groups is 1. The van der Waals surface area contributed by atoms with Gasteiger partial charge in [0, 0.05) is 42.4 Å². The van der Waals surface area contributed by atoms with Gasteiger partial charge >= 0.3 is 0 Å². The van der Waals surface area contributed by atoms with Crippen LogP contribution in [-0.2, 0) is 17.8 Å². The number of carbonyl (C=O) groups excluding carboxylic acids is 1. The van der Waals surface area contributed by atoms with Gasteiger partial charge < -0.3 is 14.4 Å². The summed E-state index contributed by atoms with van der Waals surface area (Å²) in [5.41, 5.74) is 5.05. The van der Waals surface area contributed by atoms with Crippen LogP contribution in [0.1, 0.15) is 16.8 Å². The van der Waals surface area contributed by atoms with Gasteiger partial charge in [-0.1, -0.05) is 36.4 Å². The monoisotopic (exact) mass is 389 g/mol. The molecule has 0 atom stereocenters. The molecule has 1 aromatic heterocycles. The first kappa shape index (κ1) is 18.8. The van der Waals surface area contributed by atoms with Crippen LogP contribution in [0, 0.1) is 0 Å². The second-order valence-corrected chi connectivity index (χ2v) is 6.85. The number of H-pyrrole nitrogens is 1. The topological polar surface area (TPSA) is 67.5 Å². The first-order chi connectivity index (χ1) is 14.2. The molecule has 1 amide bonds. The Morgan fingerprint density at radius 3 is 2.66 bits per heavy atom. The van der Waals surface area contributed by atoms with Crippen molar-refractivity contribution >= 4 is 12.0 Å². The van der Waals surface area contributed by atoms with E-state index in [0.717, 1.165) is 34.5 Å². The average molecular weight is 389 g/mol. The molecule has 1 aliphatic heterocycles. The molecule has 0 fully saturated rings. The van der Waals surface area contributed by atoms with Crippen molar-refractivity contribution in [1.82, 2.24) is 15.1 Å². The first-order valence-electron chi connectivity index (χ1n) is 9.50. The molecule has 148 valence electrons. The van der Waals surface area contributed by atoms with Crippen LogP contribution in [0.25, 0.3) is 17.3 Å². The van der Waals surface area contributed by atoms with Crippen molar-refractivity contribution in [2.24, 2.45) is 0 Å². The normalized spacial score (nSPS) is 13.4. The fourth-order valence-electron chi connectivity index (χ4n) is 3.55. The zero-order valence-corrected chi connectivity index (χ0v) is 16.5. The number of hydrogen-bond acceptors (Lipinski definition) is 4. The lowest BCUT2D eigenvalue weighted by atomic mass is 10.0. The minimum atomic E-state index is -0.0225. The molecule has 2 heterocycles. The zero-order valence-electron chi connectivity index (χ0n) is 16.5. The molecule has 0 saturated carbocycles. The summed E-state index contributed by atoms with van der Waals surface area (Å²) in [6.07, 6.45) is 4.17. The summed E-state index contributed by atoms with van der Waals surface area (Å²) in [6.45, 7) is 1.21. The molecular weight excluding hydrogens is 366 g/mol. The lowest BCUT2D eigenvalue weighted by Crippen LogP contribution is -2.34. The highest BCUT2D eigenvalue weighted by molar-refractivity contribution is 5.92. The molecule has 0 unspecified atom stereocenters. The molecule has 1 N–H and O–H groups in total. The van der Waals surface area contributed by atoms with E-state index in [1.807, 2.05) is 53.4 Å². The fourth-order valence-corrected chi connectivity index (χ4v) is 3.55. The van der Waals surface area contributed by atoms with E-state index in [1.165, 1.54) is 0 Å². The molecule has 0 bridgehead atoms. The predicted molar refractivity (Wildman–Crippen MR) is 112 cm³/mol. The average Bonchev–Trinajstić information content (AvgIpc) is 3.21. The third-order valence-electron chi connectivity index (χ3n) is 5.12. The smallest absolute Gasteiger partial charge is 0.246 e. The van der Waals surface area contributed by atoms with Crippen LogP contribution in [-0.4, -0.2) is 41.8 Å². The van der Waals surface area contributed by atoms with Crippen LogP contribution in [0.4, 0.5) is 0 Å². The quantitative estimate of drug-likeness (QED) is 0.676. The van der Waals surface area contributed by atoms with E-state index in [-0.39, 0.29) is 5.91 Å². The maximum Gasteiger partial charge on any atom is 0.246 e. The Balaban J connectivity index is 1.50. The zero-order chi connectivity index (χ0) is 20.2. The minimum absolute atomic E-state index is 0.0225. The van der Waals surface area contributed by atoms with Gasteiger partial charge in [-0.3, -0.25) is 9.89 Å². The number of benzene rings is 2. The van der Waals surface area contributed by atoms with Crippen molar-refractivity contribution in [3.63, 3.8) is 0 Å². The largest absolute Gasteiger partial charge is 0.493 e. The summed E-state index contributed by atoms with van der Waals surface area (Å²) in [5.74, 6) is 1.27. The fraction of sp³-hybridized carbons (Fsp3) is 0.217. The highest BCUT2D eigenvalue weighted by Crippen LogP contribution is 2.29. The molecule has 0 radical (unpaired) electrons. The summed E-state index contributed by atoms with van der Waals surface area (Å²) in [4.78, 5) is 14.6. The molecule has 29 heavy (non-hydrogen) atoms. The minimum Gasteiger partial charge on any atom is -0.493 e. The van der Waals surface area contributed by atoms with Crippen molar-refractivity contribution < 1.29 is 14.3 Å². The van der Waals surface area contributed by atoms with Crippen molar-refractivity contribution in [3.8, 4) is 22.8 Å². The first-order valence-corrected chi connectivity index (χ1v) is 9.50. The second-order valence-electron chi connectivity index (χ2n) is 6.85. The number of amides is 1. The number of methoxy groups -OCH3 is 2. The lowest BCUT2D eigenvalue weighted by Gasteiger charge is -2.26. The van der Waals surface area contributed by atoms with Gasteiger partial charge in [-0.05, 0) is 23.8 Å². The van der Waals surface area contributed by atoms with E-state index in [0.29, 0.717) is 24.6 Å². The molecule has 0 aliphatic carbocycles. The third-order valence-corrected chi connectivity index (χ3v) is 5.12. The van der Waals surface area contributed by atoms with Crippen molar-refractivity contribution in [2.75, 3.05) is 20.8 Å². The Hall–Kier alpha value is -3.54. The molecule has 1 aliphatic rings. The lowest BCUT2D eigenvalue weighted by molar-refractivity contribution is -0.126. The molecule has 4 rings (SSSR count). The number of hydrogen-bond donors (Lipinski definition) is 1. The van der Waals surface area contributed by atoms with Gasteiger partial charge in [0.15, 0.2) is 11.5 Å². The van der Waals surface area contributed by atoms with Crippen LogP contribution >= 0.6 is 0 Å². The number of nitrogens with zero attached hydrogens (tertiary/aromatic N) is 2. The van der Waals surface area contributed by atoms with E-state index in [1.54, 1.807) is 26.4 Å². The van der Waals surface area contributed by atoms with Crippen LogP contribution in [0.15, 0.2) is 54.6 Å². The maximum absolute atomic E-state index is 12.8. The third kappa shape index (κ3) is 3.87. The second kappa shape index (κ2) is 8.22. The van der Waals surface area contributed by atoms with Gasteiger partial charge in [0.25, 0.3) is 0 Å². The molecule has 0 spiro atoms. The maximum atomic E-state index is 12.8. The predicted octanol–water partition coefficient (Wildman–Crippen LogP) is 3.69. The Morgan fingerprint density at radius 1 is 1.10 bits per heavy atom. The number of rotatable bonds is 5. The Bertz CT molecular complexity index is 1040. The number of nitrogens with one attached hydrogen (secondary N) is 1. The van der Waals surface area contributed by atoms with Crippen molar-refractivity contribution in [2.45, 2.75) is 13.0 Å². The summed E-state index contributed by atoms with van der Waals surface area (Å²) in [5, 5.41) is 7.62. The van der Waals surface area contributed by atoms with Crippen molar-refractivity contribution in [3.05, 3.63) is 71.4 Å². The van der Waals surface area contributed by atoms with Gasteiger partial charge in [-0.15, -0.1) is 0 Å². The van der Waals surface area contributed by atoms with E-state index < -0.39 is 0 Å². The Labute approximate surface area is 169 Å². The summed E-state index contributed by atoms with van der Waals surface area (Å²) in [6, 6.07) is 15.6. The standard InChI is InChI=1S/C23H23N3O3/c1-28-20-10-8-16(14-21(20)29-2)9-11-22(27)26-13-12-19-18(15-26)23(25-24-19)17-6-4-3-5-7-17/h3-11,14H,12-13,15H2,1-2H3,(H,24,25). The van der Waals surface area contributed by atoms with Gasteiger partial charge in [0.2, 0.25) is 5.91 Å². The Morgan fingerprint density at radius 2 is 1.90 bits per heavy atom. The van der Waals surface area contributed by atoms with Gasteiger partial charge in [-0.25, -0.2) is 0 Å². The van der Waals surface area contributed by atoms with Gasteiger partial charge in [0.05, 0.1) is 19.9 Å². The molecule has 0 saturated heterocycles. The Kier molecular flexibility index (Phi) is 5.33. The summed E-state index contributed by atoms with van der Waals surface area (Å²) < 4.78 is 10.6. The highest BCUT2D eigenvalue weighted by Gasteiger charge is 2.24. The van der Waals surface area contributed by atoms with E-state index in [9.17, 15) is 4.79 Å². The number of ether oxygens (including phenoxy) is 2. The van der Waals surface area contributed by atoms with Crippen LogP contribution in [0.5, 0.6) is 11.5 Å². The molecule has 6 heteroatoms. The number of fused-ring (bicyclic) bond motifs is 1. The molecule has 6 nitrogen and oxygen atoms in total. The van der Waals surface area contributed by atoms with Crippen molar-refractivity contribution in [1.29, 1.82) is 0 Å². The summed E-state index contributed by atoms with van der Waals surface area (Å²) in [7, 11) is 3.19. The number of aromatic amines is 1. The molecule has 3 aromatic rings. The summed E-state index contributed by atoms with van der Waals surface area (Å²) >= 11 is 0. The van der Waals surface area contributed by atoms with Gasteiger partial charge in [0.1, 0.15) is 0 Å². The van der Waals surface area contributed by atoms with Gasteiger partial charge in [-0.2, -0.15) is 5.10 Å². The molecular formula is C23H23N3O3. The van der Waals surface area contributed by atoms with Crippen LogP contribution < -0.4 is 9.47 Å². The van der Waals surface area contributed by atoms with E-state index >= 15 is 0 Å². The highest BCUT2D eigenvalue weighted by atomic mass is 16.5. The van der Waals surface area contributed by atoms with E-state index in [4.69, 9.17) is 9.47 Å².